The Morgan fingerprint density at radius 3 is 2.14 bits per heavy atom. The summed E-state index contributed by atoms with van der Waals surface area (Å²) >= 11 is 0. The van der Waals surface area contributed by atoms with Gasteiger partial charge >= 0.3 is 10.4 Å². The van der Waals surface area contributed by atoms with Crippen LogP contribution in [-0.4, -0.2) is 20.0 Å². The van der Waals surface area contributed by atoms with Crippen LogP contribution >= 0.6 is 0 Å². The minimum Gasteiger partial charge on any atom is -0.349 e. The third-order valence-corrected chi connectivity index (χ3v) is 4.14. The first-order chi connectivity index (χ1) is 9.98. The van der Waals surface area contributed by atoms with Gasteiger partial charge in [0, 0.05) is 16.7 Å². The minimum absolute atomic E-state index is 0.0720. The van der Waals surface area contributed by atoms with Gasteiger partial charge in [-0.1, -0.05) is 24.3 Å². The maximum absolute atomic E-state index is 12.5. The quantitative estimate of drug-likeness (QED) is 0.625. The van der Waals surface area contributed by atoms with Crippen molar-refractivity contribution in [3.63, 3.8) is 0 Å². The second kappa shape index (κ2) is 3.70. The Morgan fingerprint density at radius 1 is 0.762 bits per heavy atom. The van der Waals surface area contributed by atoms with E-state index < -0.39 is 16.2 Å². The highest BCUT2D eigenvalue weighted by atomic mass is 32.3. The monoisotopic (exact) mass is 302 g/mol. The van der Waals surface area contributed by atoms with Gasteiger partial charge in [-0.25, -0.2) is 0 Å². The molecule has 0 fully saturated rings. The van der Waals surface area contributed by atoms with Gasteiger partial charge in [-0.2, -0.15) is 0 Å². The van der Waals surface area contributed by atoms with Gasteiger partial charge in [-0.05, 0) is 12.1 Å². The van der Waals surface area contributed by atoms with E-state index in [1.54, 1.807) is 18.2 Å². The zero-order chi connectivity index (χ0) is 14.8. The van der Waals surface area contributed by atoms with Crippen molar-refractivity contribution in [2.45, 2.75) is 0 Å². The van der Waals surface area contributed by atoms with Crippen LogP contribution in [0.1, 0.15) is 31.8 Å². The molecule has 0 atom stereocenters. The number of ketones is 2. The molecule has 0 bridgehead atoms. The summed E-state index contributed by atoms with van der Waals surface area (Å²) in [5, 5.41) is 0. The number of benzene rings is 2. The molecular weight excluding hydrogens is 296 g/mol. The molecule has 1 heterocycles. The first-order valence-electron chi connectivity index (χ1n) is 5.97. The van der Waals surface area contributed by atoms with Crippen LogP contribution < -0.4 is 8.37 Å². The van der Waals surface area contributed by atoms with Gasteiger partial charge in [0.05, 0.1) is 5.56 Å². The van der Waals surface area contributed by atoms with E-state index in [0.29, 0.717) is 0 Å². The predicted molar refractivity (Wildman–Crippen MR) is 69.9 cm³/mol. The summed E-state index contributed by atoms with van der Waals surface area (Å²) in [6, 6.07) is 9.03. The largest absolute Gasteiger partial charge is 0.501 e. The van der Waals surface area contributed by atoms with Gasteiger partial charge in [0.1, 0.15) is 0 Å². The van der Waals surface area contributed by atoms with E-state index in [1.807, 2.05) is 0 Å². The lowest BCUT2D eigenvalue weighted by molar-refractivity contribution is 0.0978. The average molecular weight is 302 g/mol. The van der Waals surface area contributed by atoms with E-state index >= 15 is 0 Å². The van der Waals surface area contributed by atoms with Crippen LogP contribution in [0.3, 0.4) is 0 Å². The van der Waals surface area contributed by atoms with E-state index in [1.165, 1.54) is 18.2 Å². The molecule has 104 valence electrons. The summed E-state index contributed by atoms with van der Waals surface area (Å²) < 4.78 is 32.1. The molecule has 6 nitrogen and oxygen atoms in total. The first kappa shape index (κ1) is 12.1. The maximum atomic E-state index is 12.5. The smallest absolute Gasteiger partial charge is 0.349 e. The second-order valence-corrected chi connectivity index (χ2v) is 5.74. The van der Waals surface area contributed by atoms with Crippen LogP contribution in [0.15, 0.2) is 36.4 Å². The molecule has 0 radical (unpaired) electrons. The van der Waals surface area contributed by atoms with Gasteiger partial charge in [0.15, 0.2) is 17.3 Å². The molecule has 1 aliphatic heterocycles. The second-order valence-electron chi connectivity index (χ2n) is 4.59. The number of hydrogen-bond donors (Lipinski definition) is 0. The van der Waals surface area contributed by atoms with Crippen molar-refractivity contribution in [1.82, 2.24) is 0 Å². The van der Waals surface area contributed by atoms with Crippen LogP contribution in [0.25, 0.3) is 0 Å². The molecule has 0 saturated heterocycles. The molecule has 0 unspecified atom stereocenters. The zero-order valence-corrected chi connectivity index (χ0v) is 11.1. The molecule has 1 aliphatic carbocycles. The average Bonchev–Trinajstić information content (AvgIpc) is 2.78. The zero-order valence-electron chi connectivity index (χ0n) is 10.3. The van der Waals surface area contributed by atoms with Crippen molar-refractivity contribution in [3.05, 3.63) is 58.7 Å². The molecule has 7 heteroatoms. The van der Waals surface area contributed by atoms with Crippen molar-refractivity contribution in [3.8, 4) is 11.5 Å². The Bertz CT molecular complexity index is 942. The highest BCUT2D eigenvalue weighted by molar-refractivity contribution is 7.82. The minimum atomic E-state index is -4.22. The van der Waals surface area contributed by atoms with Crippen LogP contribution in [0.2, 0.25) is 0 Å². The van der Waals surface area contributed by atoms with E-state index in [0.717, 1.165) is 0 Å². The van der Waals surface area contributed by atoms with Crippen molar-refractivity contribution < 1.29 is 26.4 Å². The number of hydrogen-bond acceptors (Lipinski definition) is 6. The van der Waals surface area contributed by atoms with E-state index in [2.05, 4.69) is 4.18 Å². The topological polar surface area (TPSA) is 86.7 Å². The molecule has 0 N–H and O–H groups in total. The highest BCUT2D eigenvalue weighted by Crippen LogP contribution is 2.43. The van der Waals surface area contributed by atoms with E-state index in [4.69, 9.17) is 4.18 Å². The molecule has 2 aromatic carbocycles. The van der Waals surface area contributed by atoms with Crippen LogP contribution in [0.5, 0.6) is 11.5 Å². The molecule has 0 spiro atoms. The highest BCUT2D eigenvalue weighted by Gasteiger charge is 2.39. The maximum Gasteiger partial charge on any atom is 0.501 e. The normalized spacial score (nSPS) is 17.3. The molecule has 2 aliphatic rings. The summed E-state index contributed by atoms with van der Waals surface area (Å²) in [7, 11) is -4.22. The Labute approximate surface area is 119 Å². The lowest BCUT2D eigenvalue weighted by Gasteiger charge is -2.17. The molecular formula is C14H6O6S. The summed E-state index contributed by atoms with van der Waals surface area (Å²) in [4.78, 5) is 25.0. The summed E-state index contributed by atoms with van der Waals surface area (Å²) in [5.74, 6) is -1.12. The van der Waals surface area contributed by atoms with Crippen molar-refractivity contribution in [1.29, 1.82) is 0 Å². The lowest BCUT2D eigenvalue weighted by atomic mass is 9.83. The Kier molecular flexibility index (Phi) is 2.13. The van der Waals surface area contributed by atoms with Crippen molar-refractivity contribution >= 4 is 22.0 Å². The fourth-order valence-electron chi connectivity index (χ4n) is 2.51. The van der Waals surface area contributed by atoms with E-state index in [-0.39, 0.29) is 39.5 Å². The number of carbonyl (C=O) groups excluding carboxylic acids is 2. The molecule has 0 amide bonds. The third-order valence-electron chi connectivity index (χ3n) is 3.39. The number of rotatable bonds is 0. The Morgan fingerprint density at radius 2 is 1.43 bits per heavy atom. The summed E-state index contributed by atoms with van der Waals surface area (Å²) in [6.45, 7) is 0. The van der Waals surface area contributed by atoms with Gasteiger partial charge in [-0.15, -0.1) is 8.42 Å². The molecule has 0 saturated carbocycles. The molecule has 4 rings (SSSR count). The van der Waals surface area contributed by atoms with Crippen molar-refractivity contribution in [2.24, 2.45) is 0 Å². The summed E-state index contributed by atoms with van der Waals surface area (Å²) in [6.07, 6.45) is 0. The summed E-state index contributed by atoms with van der Waals surface area (Å²) in [5.41, 5.74) is 0.545. The molecule has 0 aromatic heterocycles. The SMILES string of the molecule is O=C1c2ccccc2C(=O)c2c1ccc1c2OS(=O)(=O)O1. The van der Waals surface area contributed by atoms with Gasteiger partial charge < -0.3 is 8.37 Å². The van der Waals surface area contributed by atoms with Crippen LogP contribution in [0, 0.1) is 0 Å². The number of fused-ring (bicyclic) bond motifs is 4. The molecule has 21 heavy (non-hydrogen) atoms. The van der Waals surface area contributed by atoms with E-state index in [9.17, 15) is 18.0 Å². The fraction of sp³-hybridized carbons (Fsp3) is 0. The Balaban J connectivity index is 2.04. The first-order valence-corrected chi connectivity index (χ1v) is 7.30. The fourth-order valence-corrected chi connectivity index (χ4v) is 3.27. The predicted octanol–water partition coefficient (Wildman–Crippen LogP) is 1.48. The van der Waals surface area contributed by atoms with Crippen molar-refractivity contribution in [2.75, 3.05) is 0 Å². The van der Waals surface area contributed by atoms with Crippen LogP contribution in [0.4, 0.5) is 0 Å². The standard InChI is InChI=1S/C14H6O6S/c15-12-7-3-1-2-4-8(7)13(16)11-9(12)5-6-10-14(11)20-21(17,18)19-10/h1-6H. The van der Waals surface area contributed by atoms with Gasteiger partial charge in [0.2, 0.25) is 5.75 Å². The van der Waals surface area contributed by atoms with Crippen LogP contribution in [-0.2, 0) is 10.4 Å². The Hall–Kier alpha value is -2.67. The van der Waals surface area contributed by atoms with Gasteiger partial charge in [-0.3, -0.25) is 9.59 Å². The number of carbonyl (C=O) groups is 2. The molecule has 2 aromatic rings. The van der Waals surface area contributed by atoms with Gasteiger partial charge in [0.25, 0.3) is 0 Å². The lowest BCUT2D eigenvalue weighted by Crippen LogP contribution is -2.21. The third kappa shape index (κ3) is 1.55.